The van der Waals surface area contributed by atoms with E-state index in [1.165, 1.54) is 12.1 Å². The minimum atomic E-state index is -5.37. The summed E-state index contributed by atoms with van der Waals surface area (Å²) in [7, 11) is 0. The molecule has 1 N–H and O–H groups in total. The van der Waals surface area contributed by atoms with Crippen LogP contribution in [0.25, 0.3) is 0 Å². The molecule has 1 aliphatic rings. The molecule has 3 aromatic carbocycles. The van der Waals surface area contributed by atoms with Gasteiger partial charge in [-0.15, -0.1) is 23.2 Å². The largest absolute Gasteiger partial charge is 0.450 e. The van der Waals surface area contributed by atoms with Crippen molar-refractivity contribution in [3.63, 3.8) is 0 Å². The van der Waals surface area contributed by atoms with Crippen LogP contribution >= 0.6 is 46.4 Å². The van der Waals surface area contributed by atoms with E-state index in [4.69, 9.17) is 46.4 Å². The molecule has 1 fully saturated rings. The molecule has 0 spiro atoms. The first kappa shape index (κ1) is 32.1. The summed E-state index contributed by atoms with van der Waals surface area (Å²) < 4.78 is 94.0. The molecule has 4 rings (SSSR count). The molecule has 0 heterocycles. The molecular weight excluding hydrogens is 661 g/mol. The topological polar surface area (TPSA) is 63.2 Å². The predicted octanol–water partition coefficient (Wildman–Crippen LogP) is 8.18. The third-order valence-electron chi connectivity index (χ3n) is 6.51. The lowest BCUT2D eigenvalue weighted by Crippen LogP contribution is -2.25. The van der Waals surface area contributed by atoms with E-state index < -0.39 is 98.3 Å². The van der Waals surface area contributed by atoms with Gasteiger partial charge in [-0.2, -0.15) is 13.2 Å². The molecule has 2 atom stereocenters. The number of anilines is 1. The summed E-state index contributed by atoms with van der Waals surface area (Å²) in [5.41, 5.74) is -2.82. The molecule has 1 saturated carbocycles. The number of ketones is 2. The Morgan fingerprint density at radius 2 is 1.50 bits per heavy atom. The molecule has 0 saturated heterocycles. The second kappa shape index (κ2) is 11.7. The molecule has 0 radical (unpaired) electrons. The van der Waals surface area contributed by atoms with Gasteiger partial charge in [0, 0.05) is 36.1 Å². The van der Waals surface area contributed by atoms with Crippen molar-refractivity contribution < 1.29 is 45.1 Å². The highest BCUT2D eigenvalue weighted by Crippen LogP contribution is 2.65. The number of carbonyl (C=O) groups excluding carboxylic acids is 3. The summed E-state index contributed by atoms with van der Waals surface area (Å²) in [5, 5.41) is 2.69. The van der Waals surface area contributed by atoms with Crippen LogP contribution in [0.5, 0.6) is 0 Å². The van der Waals surface area contributed by atoms with E-state index in [0.29, 0.717) is 23.8 Å². The van der Waals surface area contributed by atoms with Crippen molar-refractivity contribution in [3.8, 4) is 0 Å². The van der Waals surface area contributed by atoms with E-state index in [1.54, 1.807) is 6.07 Å². The first-order chi connectivity index (χ1) is 19.4. The van der Waals surface area contributed by atoms with E-state index in [9.17, 15) is 45.1 Å². The molecule has 1 aliphatic carbocycles. The van der Waals surface area contributed by atoms with Crippen LogP contribution < -0.4 is 5.32 Å². The van der Waals surface area contributed by atoms with Crippen molar-refractivity contribution in [2.24, 2.45) is 5.92 Å². The van der Waals surface area contributed by atoms with E-state index in [1.807, 2.05) is 0 Å². The van der Waals surface area contributed by atoms with E-state index in [2.05, 4.69) is 5.32 Å². The van der Waals surface area contributed by atoms with Crippen LogP contribution in [-0.2, 0) is 22.4 Å². The number of amides is 1. The summed E-state index contributed by atoms with van der Waals surface area (Å²) >= 11 is 24.5. The lowest BCUT2D eigenvalue weighted by molar-refractivity contribution is -0.170. The van der Waals surface area contributed by atoms with E-state index >= 15 is 0 Å². The maximum atomic E-state index is 14.8. The normalized spacial score (nSPS) is 17.6. The Labute approximate surface area is 252 Å². The summed E-state index contributed by atoms with van der Waals surface area (Å²) in [6.07, 6.45) is -8.10. The van der Waals surface area contributed by atoms with Gasteiger partial charge in [0.05, 0.1) is 21.5 Å². The molecule has 15 heteroatoms. The second-order valence-corrected chi connectivity index (χ2v) is 11.6. The highest BCUT2D eigenvalue weighted by Gasteiger charge is 2.67. The minimum absolute atomic E-state index is 0.171. The van der Waals surface area contributed by atoms with Crippen LogP contribution in [-0.4, -0.2) is 28.0 Å². The van der Waals surface area contributed by atoms with Gasteiger partial charge in [0.25, 0.3) is 0 Å². The zero-order chi connectivity index (χ0) is 31.3. The summed E-state index contributed by atoms with van der Waals surface area (Å²) in [6.45, 7) is 0. The zero-order valence-electron chi connectivity index (χ0n) is 20.5. The fraction of sp³-hybridized carbons (Fsp3) is 0.222. The Morgan fingerprint density at radius 3 is 2.12 bits per heavy atom. The SMILES string of the molecule is O=C(Cc1ccc(F)c(CC(=O)C(F)(F)F)c1F)c1cc(NC(=O)[C@H]2[C@H](c3ccc(Cl)c(Cl)c3)C2(Cl)Cl)cc(F)c1F. The first-order valence-corrected chi connectivity index (χ1v) is 13.2. The smallest absolute Gasteiger partial charge is 0.326 e. The highest BCUT2D eigenvalue weighted by molar-refractivity contribution is 6.53. The van der Waals surface area contributed by atoms with Crippen molar-refractivity contribution in [2.45, 2.75) is 29.3 Å². The van der Waals surface area contributed by atoms with Crippen molar-refractivity contribution in [1.82, 2.24) is 0 Å². The molecular formula is C27H14Cl4F7NO3. The van der Waals surface area contributed by atoms with Crippen molar-refractivity contribution in [1.29, 1.82) is 0 Å². The van der Waals surface area contributed by atoms with Gasteiger partial charge in [-0.05, 0) is 35.4 Å². The number of carbonyl (C=O) groups is 3. The molecule has 0 bridgehead atoms. The highest BCUT2D eigenvalue weighted by atomic mass is 35.5. The lowest BCUT2D eigenvalue weighted by atomic mass is 9.97. The Balaban J connectivity index is 1.56. The summed E-state index contributed by atoms with van der Waals surface area (Å²) in [4.78, 5) is 37.0. The number of Topliss-reactive ketones (excluding diaryl/α,β-unsaturated/α-hetero) is 2. The third-order valence-corrected chi connectivity index (χ3v) is 8.18. The van der Waals surface area contributed by atoms with Crippen LogP contribution in [0.15, 0.2) is 42.5 Å². The fourth-order valence-electron chi connectivity index (χ4n) is 4.33. The van der Waals surface area contributed by atoms with Gasteiger partial charge in [-0.25, -0.2) is 17.6 Å². The third kappa shape index (κ3) is 6.39. The zero-order valence-corrected chi connectivity index (χ0v) is 23.5. The Bertz CT molecular complexity index is 1630. The average Bonchev–Trinajstić information content (AvgIpc) is 3.48. The summed E-state index contributed by atoms with van der Waals surface area (Å²) in [5.74, 6) is -12.7. The average molecular weight is 675 g/mol. The molecule has 0 unspecified atom stereocenters. The molecule has 0 aromatic heterocycles. The lowest BCUT2D eigenvalue weighted by Gasteiger charge is -2.12. The monoisotopic (exact) mass is 673 g/mol. The molecule has 0 aliphatic heterocycles. The first-order valence-electron chi connectivity index (χ1n) is 11.6. The van der Waals surface area contributed by atoms with Crippen LogP contribution in [0.4, 0.5) is 36.4 Å². The predicted molar refractivity (Wildman–Crippen MR) is 141 cm³/mol. The Kier molecular flexibility index (Phi) is 8.91. The van der Waals surface area contributed by atoms with E-state index in [0.717, 1.165) is 6.07 Å². The molecule has 3 aromatic rings. The van der Waals surface area contributed by atoms with Gasteiger partial charge in [-0.3, -0.25) is 14.4 Å². The van der Waals surface area contributed by atoms with E-state index in [-0.39, 0.29) is 10.0 Å². The quantitative estimate of drug-likeness (QED) is 0.149. The van der Waals surface area contributed by atoms with Crippen LogP contribution in [0.3, 0.4) is 0 Å². The maximum Gasteiger partial charge on any atom is 0.450 e. The fourth-order valence-corrected chi connectivity index (χ4v) is 5.47. The number of alkyl halides is 5. The molecule has 42 heavy (non-hydrogen) atoms. The van der Waals surface area contributed by atoms with Gasteiger partial charge >= 0.3 is 6.18 Å². The number of hydrogen-bond acceptors (Lipinski definition) is 3. The van der Waals surface area contributed by atoms with Crippen LogP contribution in [0.2, 0.25) is 10.0 Å². The Morgan fingerprint density at radius 1 is 0.833 bits per heavy atom. The molecule has 222 valence electrons. The molecule has 1 amide bonds. The summed E-state index contributed by atoms with van der Waals surface area (Å²) in [6, 6.07) is 7.00. The Hall–Kier alpha value is -2.86. The van der Waals surface area contributed by atoms with Crippen molar-refractivity contribution >= 4 is 69.6 Å². The second-order valence-electron chi connectivity index (χ2n) is 9.31. The maximum absolute atomic E-state index is 14.8. The van der Waals surface area contributed by atoms with Crippen LogP contribution in [0.1, 0.15) is 33.0 Å². The van der Waals surface area contributed by atoms with Gasteiger partial charge in [0.1, 0.15) is 16.0 Å². The standard InChI is InChI=1S/C27H14Cl4F7NO3/c28-15-3-1-10(5-16(15)29)21-22(26(21,30)31)25(42)39-12-7-14(24(35)18(33)8-12)19(40)6-11-2-4-17(32)13(23(11)34)9-20(41)27(36,37)38/h1-5,7-8,21-22H,6,9H2,(H,39,42)/t21-,22+/m0/s1. The number of nitrogens with one attached hydrogen (secondary N) is 1. The van der Waals surface area contributed by atoms with Gasteiger partial charge in [0.15, 0.2) is 17.4 Å². The molecule has 4 nitrogen and oxygen atoms in total. The van der Waals surface area contributed by atoms with Crippen molar-refractivity contribution in [2.75, 3.05) is 5.32 Å². The van der Waals surface area contributed by atoms with Crippen LogP contribution in [0, 0.1) is 29.2 Å². The van der Waals surface area contributed by atoms with Gasteiger partial charge in [0.2, 0.25) is 11.7 Å². The number of benzene rings is 3. The van der Waals surface area contributed by atoms with Crippen molar-refractivity contribution in [3.05, 3.63) is 98.0 Å². The number of hydrogen-bond donors (Lipinski definition) is 1. The number of rotatable bonds is 8. The van der Waals surface area contributed by atoms with Gasteiger partial charge in [-0.1, -0.05) is 35.3 Å². The number of halogens is 11. The van der Waals surface area contributed by atoms with Gasteiger partial charge < -0.3 is 5.32 Å². The minimum Gasteiger partial charge on any atom is -0.326 e.